The van der Waals surface area contributed by atoms with Gasteiger partial charge in [0.25, 0.3) is 0 Å². The Morgan fingerprint density at radius 1 is 1.53 bits per heavy atom. The molecule has 1 aliphatic rings. The lowest BCUT2D eigenvalue weighted by atomic mass is 10.1. The van der Waals surface area contributed by atoms with E-state index < -0.39 is 4.92 Å². The minimum Gasteiger partial charge on any atom is -0.357 e. The van der Waals surface area contributed by atoms with E-state index in [-0.39, 0.29) is 5.69 Å². The maximum absolute atomic E-state index is 11.0. The van der Waals surface area contributed by atoms with Crippen LogP contribution in [0.2, 0.25) is 0 Å². The van der Waals surface area contributed by atoms with Crippen LogP contribution in [-0.4, -0.2) is 35.5 Å². The highest BCUT2D eigenvalue weighted by molar-refractivity contribution is 5.58. The highest BCUT2D eigenvalue weighted by atomic mass is 16.6. The molecular formula is C12H19N5O2. The van der Waals surface area contributed by atoms with Gasteiger partial charge in [-0.05, 0) is 18.8 Å². The molecular weight excluding hydrogens is 246 g/mol. The predicted octanol–water partition coefficient (Wildman–Crippen LogP) is 2.05. The smallest absolute Gasteiger partial charge is 0.329 e. The van der Waals surface area contributed by atoms with Crippen molar-refractivity contribution in [2.24, 2.45) is 5.92 Å². The third-order valence-corrected chi connectivity index (χ3v) is 3.54. The topological polar surface area (TPSA) is 84.2 Å². The summed E-state index contributed by atoms with van der Waals surface area (Å²) >= 11 is 0. The number of aromatic nitrogens is 2. The number of nitrogens with zero attached hydrogens (tertiary/aromatic N) is 4. The van der Waals surface area contributed by atoms with E-state index >= 15 is 0 Å². The summed E-state index contributed by atoms with van der Waals surface area (Å²) in [6.07, 6.45) is 6.17. The molecule has 1 aliphatic carbocycles. The van der Waals surface area contributed by atoms with Crippen LogP contribution in [0.5, 0.6) is 0 Å². The van der Waals surface area contributed by atoms with Gasteiger partial charge in [0.15, 0.2) is 0 Å². The van der Waals surface area contributed by atoms with Crippen molar-refractivity contribution in [1.82, 2.24) is 9.97 Å². The number of anilines is 2. The molecule has 1 N–H and O–H groups in total. The van der Waals surface area contributed by atoms with Crippen LogP contribution in [-0.2, 0) is 0 Å². The normalized spacial score (nSPS) is 15.5. The Kier molecular flexibility index (Phi) is 4.13. The summed E-state index contributed by atoms with van der Waals surface area (Å²) in [4.78, 5) is 20.6. The average molecular weight is 265 g/mol. The van der Waals surface area contributed by atoms with Gasteiger partial charge in [-0.2, -0.15) is 4.98 Å². The molecule has 0 aliphatic heterocycles. The third-order valence-electron chi connectivity index (χ3n) is 3.54. The van der Waals surface area contributed by atoms with Crippen molar-refractivity contribution < 1.29 is 4.92 Å². The summed E-state index contributed by atoms with van der Waals surface area (Å²) < 4.78 is 0. The van der Waals surface area contributed by atoms with E-state index in [4.69, 9.17) is 0 Å². The van der Waals surface area contributed by atoms with Gasteiger partial charge in [-0.15, -0.1) is 0 Å². The molecule has 1 fully saturated rings. The van der Waals surface area contributed by atoms with Crippen molar-refractivity contribution in [2.75, 3.05) is 30.9 Å². The van der Waals surface area contributed by atoms with Crippen molar-refractivity contribution >= 4 is 17.5 Å². The van der Waals surface area contributed by atoms with E-state index in [0.29, 0.717) is 17.7 Å². The Bertz CT molecular complexity index is 459. The maximum Gasteiger partial charge on any atom is 0.329 e. The molecule has 0 radical (unpaired) electrons. The largest absolute Gasteiger partial charge is 0.357 e. The molecule has 1 aromatic rings. The zero-order valence-corrected chi connectivity index (χ0v) is 11.3. The molecule has 0 aromatic carbocycles. The molecule has 19 heavy (non-hydrogen) atoms. The van der Waals surface area contributed by atoms with Crippen molar-refractivity contribution in [2.45, 2.75) is 25.7 Å². The molecule has 2 rings (SSSR count). The fourth-order valence-electron chi connectivity index (χ4n) is 2.56. The average Bonchev–Trinajstić information content (AvgIpc) is 2.90. The monoisotopic (exact) mass is 265 g/mol. The quantitative estimate of drug-likeness (QED) is 0.648. The van der Waals surface area contributed by atoms with Crippen molar-refractivity contribution in [1.29, 1.82) is 0 Å². The summed E-state index contributed by atoms with van der Waals surface area (Å²) in [6, 6.07) is 0. The minimum atomic E-state index is -0.431. The first kappa shape index (κ1) is 13.5. The fourth-order valence-corrected chi connectivity index (χ4v) is 2.56. The Balaban J connectivity index is 2.21. The van der Waals surface area contributed by atoms with Gasteiger partial charge in [0, 0.05) is 20.6 Å². The minimum absolute atomic E-state index is 0.0421. The van der Waals surface area contributed by atoms with Crippen molar-refractivity contribution in [3.05, 3.63) is 16.3 Å². The second-order valence-corrected chi connectivity index (χ2v) is 4.94. The number of hydrogen-bond donors (Lipinski definition) is 1. The summed E-state index contributed by atoms with van der Waals surface area (Å²) in [5.74, 6) is 1.40. The summed E-state index contributed by atoms with van der Waals surface area (Å²) in [5, 5.41) is 13.9. The van der Waals surface area contributed by atoms with Crippen LogP contribution in [0, 0.1) is 16.0 Å². The van der Waals surface area contributed by atoms with Crippen LogP contribution in [0.1, 0.15) is 25.7 Å². The Morgan fingerprint density at radius 3 is 2.79 bits per heavy atom. The van der Waals surface area contributed by atoms with Gasteiger partial charge < -0.3 is 10.2 Å². The van der Waals surface area contributed by atoms with Gasteiger partial charge in [-0.1, -0.05) is 12.8 Å². The SMILES string of the molecule is CNc1ncc([N+](=O)[O-])c(N(C)CC2CCCC2)n1. The van der Waals surface area contributed by atoms with E-state index in [1.54, 1.807) is 7.05 Å². The van der Waals surface area contributed by atoms with Crippen molar-refractivity contribution in [3.8, 4) is 0 Å². The molecule has 7 heteroatoms. The number of hydrogen-bond acceptors (Lipinski definition) is 6. The predicted molar refractivity (Wildman–Crippen MR) is 73.5 cm³/mol. The van der Waals surface area contributed by atoms with Crippen molar-refractivity contribution in [3.63, 3.8) is 0 Å². The van der Waals surface area contributed by atoms with Gasteiger partial charge in [0.05, 0.1) is 4.92 Å². The van der Waals surface area contributed by atoms with E-state index in [1.807, 2.05) is 11.9 Å². The first-order chi connectivity index (χ1) is 9.11. The lowest BCUT2D eigenvalue weighted by Gasteiger charge is -2.21. The molecule has 1 aromatic heterocycles. The maximum atomic E-state index is 11.0. The molecule has 104 valence electrons. The first-order valence-electron chi connectivity index (χ1n) is 6.52. The highest BCUT2D eigenvalue weighted by Crippen LogP contribution is 2.30. The molecule has 0 atom stereocenters. The van der Waals surface area contributed by atoms with Gasteiger partial charge in [0.2, 0.25) is 11.8 Å². The van der Waals surface area contributed by atoms with Gasteiger partial charge in [0.1, 0.15) is 6.20 Å². The Morgan fingerprint density at radius 2 is 2.21 bits per heavy atom. The van der Waals surface area contributed by atoms with Crippen LogP contribution in [0.4, 0.5) is 17.5 Å². The summed E-state index contributed by atoms with van der Waals surface area (Å²) in [6.45, 7) is 0.807. The molecule has 0 spiro atoms. The molecule has 1 heterocycles. The number of nitro groups is 1. The fraction of sp³-hybridized carbons (Fsp3) is 0.667. The van der Waals surface area contributed by atoms with Crippen LogP contribution in [0.25, 0.3) is 0 Å². The third kappa shape index (κ3) is 3.10. The standard InChI is InChI=1S/C12H19N5O2/c1-13-12-14-7-10(17(18)19)11(15-12)16(2)8-9-5-3-4-6-9/h7,9H,3-6,8H2,1-2H3,(H,13,14,15). The van der Waals surface area contributed by atoms with E-state index in [0.717, 1.165) is 6.54 Å². The van der Waals surface area contributed by atoms with Crippen LogP contribution in [0.15, 0.2) is 6.20 Å². The lowest BCUT2D eigenvalue weighted by Crippen LogP contribution is -2.26. The van der Waals surface area contributed by atoms with Crippen LogP contribution in [0.3, 0.4) is 0 Å². The Hall–Kier alpha value is -1.92. The number of nitrogens with one attached hydrogen (secondary N) is 1. The second-order valence-electron chi connectivity index (χ2n) is 4.94. The van der Waals surface area contributed by atoms with Crippen LogP contribution >= 0.6 is 0 Å². The molecule has 0 bridgehead atoms. The van der Waals surface area contributed by atoms with E-state index in [1.165, 1.54) is 31.9 Å². The molecule has 0 unspecified atom stereocenters. The summed E-state index contributed by atoms with van der Waals surface area (Å²) in [7, 11) is 3.55. The van der Waals surface area contributed by atoms with Gasteiger partial charge in [-0.25, -0.2) is 4.98 Å². The van der Waals surface area contributed by atoms with Gasteiger partial charge in [-0.3, -0.25) is 10.1 Å². The molecule has 0 amide bonds. The summed E-state index contributed by atoms with van der Waals surface area (Å²) in [5.41, 5.74) is -0.0421. The number of rotatable bonds is 5. The highest BCUT2D eigenvalue weighted by Gasteiger charge is 2.24. The molecule has 0 saturated heterocycles. The van der Waals surface area contributed by atoms with Crippen LogP contribution < -0.4 is 10.2 Å². The zero-order chi connectivity index (χ0) is 13.8. The van der Waals surface area contributed by atoms with E-state index in [9.17, 15) is 10.1 Å². The second kappa shape index (κ2) is 5.81. The molecule has 7 nitrogen and oxygen atoms in total. The zero-order valence-electron chi connectivity index (χ0n) is 11.3. The lowest BCUT2D eigenvalue weighted by molar-refractivity contribution is -0.384. The van der Waals surface area contributed by atoms with E-state index in [2.05, 4.69) is 15.3 Å². The first-order valence-corrected chi connectivity index (χ1v) is 6.52. The Labute approximate surface area is 112 Å². The van der Waals surface area contributed by atoms with Gasteiger partial charge >= 0.3 is 5.69 Å². The molecule has 1 saturated carbocycles.